The Labute approximate surface area is 103 Å². The second-order valence-corrected chi connectivity index (χ2v) is 3.52. The highest BCUT2D eigenvalue weighted by molar-refractivity contribution is 6.04. The number of primary amides is 1. The van der Waals surface area contributed by atoms with Crippen molar-refractivity contribution in [3.63, 3.8) is 0 Å². The van der Waals surface area contributed by atoms with Crippen LogP contribution in [0.5, 0.6) is 0 Å². The van der Waals surface area contributed by atoms with Crippen LogP contribution in [-0.2, 0) is 0 Å². The molecule has 18 heavy (non-hydrogen) atoms. The first-order chi connectivity index (χ1) is 8.66. The predicted molar refractivity (Wildman–Crippen MR) is 64.9 cm³/mol. The average molecular weight is 242 g/mol. The normalized spacial score (nSPS) is 9.78. The van der Waals surface area contributed by atoms with Gasteiger partial charge in [-0.05, 0) is 24.3 Å². The lowest BCUT2D eigenvalue weighted by Crippen LogP contribution is -2.13. The number of benzene rings is 1. The Morgan fingerprint density at radius 1 is 1.00 bits per heavy atom. The van der Waals surface area contributed by atoms with E-state index in [2.05, 4.69) is 15.3 Å². The summed E-state index contributed by atoms with van der Waals surface area (Å²) in [6, 6.07) is 6.28. The number of carbonyl (C=O) groups excluding carboxylic acids is 2. The van der Waals surface area contributed by atoms with Crippen LogP contribution in [0.1, 0.15) is 20.7 Å². The van der Waals surface area contributed by atoms with Crippen LogP contribution in [0.2, 0.25) is 0 Å². The van der Waals surface area contributed by atoms with Crippen molar-refractivity contribution in [3.8, 4) is 0 Å². The monoisotopic (exact) mass is 242 g/mol. The maximum absolute atomic E-state index is 11.8. The zero-order chi connectivity index (χ0) is 13.0. The van der Waals surface area contributed by atoms with E-state index in [1.165, 1.54) is 18.7 Å². The van der Waals surface area contributed by atoms with E-state index in [1.54, 1.807) is 24.3 Å². The Morgan fingerprint density at radius 2 is 1.61 bits per heavy atom. The van der Waals surface area contributed by atoms with Crippen LogP contribution in [-0.4, -0.2) is 21.8 Å². The topological polar surface area (TPSA) is 98.0 Å². The van der Waals surface area contributed by atoms with Crippen LogP contribution in [0.15, 0.2) is 43.0 Å². The molecule has 6 nitrogen and oxygen atoms in total. The SMILES string of the molecule is NC(=O)c1ccc(NC(=O)c2cncnc2)cc1. The maximum atomic E-state index is 11.8. The Morgan fingerprint density at radius 3 is 2.17 bits per heavy atom. The van der Waals surface area contributed by atoms with Crippen LogP contribution >= 0.6 is 0 Å². The number of nitrogens with zero attached hydrogens (tertiary/aromatic N) is 2. The highest BCUT2D eigenvalue weighted by atomic mass is 16.2. The molecule has 0 unspecified atom stereocenters. The third-order valence-corrected chi connectivity index (χ3v) is 2.25. The fraction of sp³-hybridized carbons (Fsp3) is 0. The summed E-state index contributed by atoms with van der Waals surface area (Å²) >= 11 is 0. The van der Waals surface area contributed by atoms with Gasteiger partial charge in [0.05, 0.1) is 5.56 Å². The van der Waals surface area contributed by atoms with Gasteiger partial charge < -0.3 is 11.1 Å². The molecule has 0 aliphatic heterocycles. The number of hydrogen-bond acceptors (Lipinski definition) is 4. The first-order valence-electron chi connectivity index (χ1n) is 5.13. The summed E-state index contributed by atoms with van der Waals surface area (Å²) in [5, 5.41) is 2.65. The van der Waals surface area contributed by atoms with E-state index < -0.39 is 5.91 Å². The van der Waals surface area contributed by atoms with Crippen LogP contribution < -0.4 is 11.1 Å². The van der Waals surface area contributed by atoms with Gasteiger partial charge in [0.25, 0.3) is 5.91 Å². The smallest absolute Gasteiger partial charge is 0.258 e. The molecular formula is C12H10N4O2. The minimum atomic E-state index is -0.510. The summed E-state index contributed by atoms with van der Waals surface area (Å²) < 4.78 is 0. The van der Waals surface area contributed by atoms with Gasteiger partial charge >= 0.3 is 0 Å². The number of anilines is 1. The van der Waals surface area contributed by atoms with E-state index in [-0.39, 0.29) is 5.91 Å². The molecular weight excluding hydrogens is 232 g/mol. The van der Waals surface area contributed by atoms with E-state index in [0.717, 1.165) is 0 Å². The standard InChI is InChI=1S/C12H10N4O2/c13-11(17)8-1-3-10(4-2-8)16-12(18)9-5-14-7-15-6-9/h1-7H,(H2,13,17)(H,16,18). The summed E-state index contributed by atoms with van der Waals surface area (Å²) in [4.78, 5) is 30.1. The fourth-order valence-electron chi connectivity index (χ4n) is 1.34. The Hall–Kier alpha value is -2.76. The number of hydrogen-bond donors (Lipinski definition) is 2. The molecule has 0 radical (unpaired) electrons. The molecule has 2 amide bonds. The minimum absolute atomic E-state index is 0.317. The third-order valence-electron chi connectivity index (χ3n) is 2.25. The summed E-state index contributed by atoms with van der Waals surface area (Å²) in [6.45, 7) is 0. The summed E-state index contributed by atoms with van der Waals surface area (Å²) in [5.74, 6) is -0.827. The fourth-order valence-corrected chi connectivity index (χ4v) is 1.34. The largest absolute Gasteiger partial charge is 0.366 e. The summed E-state index contributed by atoms with van der Waals surface area (Å²) in [6.07, 6.45) is 4.18. The second-order valence-electron chi connectivity index (χ2n) is 3.52. The molecule has 0 aliphatic carbocycles. The second kappa shape index (κ2) is 5.05. The van der Waals surface area contributed by atoms with E-state index in [9.17, 15) is 9.59 Å². The molecule has 0 bridgehead atoms. The number of aromatic nitrogens is 2. The molecule has 0 fully saturated rings. The van der Waals surface area contributed by atoms with Crippen LogP contribution in [0.25, 0.3) is 0 Å². The lowest BCUT2D eigenvalue weighted by Gasteiger charge is -2.04. The lowest BCUT2D eigenvalue weighted by atomic mass is 10.2. The highest BCUT2D eigenvalue weighted by Gasteiger charge is 2.06. The van der Waals surface area contributed by atoms with E-state index in [1.807, 2.05) is 0 Å². The van der Waals surface area contributed by atoms with Gasteiger partial charge in [-0.2, -0.15) is 0 Å². The lowest BCUT2D eigenvalue weighted by molar-refractivity contribution is 0.0998. The molecule has 1 aromatic heterocycles. The van der Waals surface area contributed by atoms with Gasteiger partial charge in [0.2, 0.25) is 5.91 Å². The first kappa shape index (κ1) is 11.7. The van der Waals surface area contributed by atoms with Crippen LogP contribution in [0.4, 0.5) is 5.69 Å². The quantitative estimate of drug-likeness (QED) is 0.832. The number of carbonyl (C=O) groups is 2. The highest BCUT2D eigenvalue weighted by Crippen LogP contribution is 2.10. The van der Waals surface area contributed by atoms with Gasteiger partial charge in [-0.3, -0.25) is 9.59 Å². The van der Waals surface area contributed by atoms with Gasteiger partial charge in [-0.1, -0.05) is 0 Å². The molecule has 1 aromatic carbocycles. The summed E-state index contributed by atoms with van der Waals surface area (Å²) in [7, 11) is 0. The molecule has 0 aliphatic rings. The number of rotatable bonds is 3. The number of nitrogens with one attached hydrogen (secondary N) is 1. The van der Waals surface area contributed by atoms with Gasteiger partial charge in [0.15, 0.2) is 0 Å². The van der Waals surface area contributed by atoms with Crippen molar-refractivity contribution in [2.45, 2.75) is 0 Å². The van der Waals surface area contributed by atoms with Gasteiger partial charge in [-0.15, -0.1) is 0 Å². The molecule has 6 heteroatoms. The molecule has 0 saturated heterocycles. The average Bonchev–Trinajstić information content (AvgIpc) is 2.40. The first-order valence-corrected chi connectivity index (χ1v) is 5.13. The molecule has 3 N–H and O–H groups in total. The Kier molecular flexibility index (Phi) is 3.29. The predicted octanol–water partition coefficient (Wildman–Crippen LogP) is 0.828. The minimum Gasteiger partial charge on any atom is -0.366 e. The molecule has 0 saturated carbocycles. The van der Waals surface area contributed by atoms with Crippen molar-refractivity contribution in [2.75, 3.05) is 5.32 Å². The van der Waals surface area contributed by atoms with Crippen molar-refractivity contribution in [1.82, 2.24) is 9.97 Å². The number of nitrogens with two attached hydrogens (primary N) is 1. The molecule has 90 valence electrons. The Bertz CT molecular complexity index is 566. The third kappa shape index (κ3) is 2.67. The maximum Gasteiger partial charge on any atom is 0.258 e. The van der Waals surface area contributed by atoms with Crippen molar-refractivity contribution >= 4 is 17.5 Å². The van der Waals surface area contributed by atoms with Crippen LogP contribution in [0, 0.1) is 0 Å². The summed E-state index contributed by atoms with van der Waals surface area (Å²) in [5.41, 5.74) is 6.42. The van der Waals surface area contributed by atoms with Gasteiger partial charge in [-0.25, -0.2) is 9.97 Å². The number of amides is 2. The molecule has 2 rings (SSSR count). The van der Waals surface area contributed by atoms with E-state index in [4.69, 9.17) is 5.73 Å². The van der Waals surface area contributed by atoms with E-state index in [0.29, 0.717) is 16.8 Å². The van der Waals surface area contributed by atoms with Crippen molar-refractivity contribution in [3.05, 3.63) is 54.1 Å². The zero-order valence-electron chi connectivity index (χ0n) is 9.33. The van der Waals surface area contributed by atoms with Crippen molar-refractivity contribution in [2.24, 2.45) is 5.73 Å². The van der Waals surface area contributed by atoms with Crippen molar-refractivity contribution < 1.29 is 9.59 Å². The van der Waals surface area contributed by atoms with Gasteiger partial charge in [0.1, 0.15) is 6.33 Å². The van der Waals surface area contributed by atoms with Crippen molar-refractivity contribution in [1.29, 1.82) is 0 Å². The molecule has 0 spiro atoms. The molecule has 2 aromatic rings. The van der Waals surface area contributed by atoms with E-state index >= 15 is 0 Å². The van der Waals surface area contributed by atoms with Crippen LogP contribution in [0.3, 0.4) is 0 Å². The molecule has 0 atom stereocenters. The molecule has 1 heterocycles. The van der Waals surface area contributed by atoms with Gasteiger partial charge in [0, 0.05) is 23.6 Å². The Balaban J connectivity index is 2.10. The zero-order valence-corrected chi connectivity index (χ0v) is 9.33.